The number of hydrogen-bond donors (Lipinski definition) is 1. The van der Waals surface area contributed by atoms with E-state index in [1.54, 1.807) is 0 Å². The number of hydrogen-bond acceptors (Lipinski definition) is 3. The van der Waals surface area contributed by atoms with Crippen LogP contribution in [0.25, 0.3) is 0 Å². The maximum absolute atomic E-state index is 12.0. The van der Waals surface area contributed by atoms with Crippen LogP contribution in [-0.4, -0.2) is 48.1 Å². The van der Waals surface area contributed by atoms with E-state index in [0.29, 0.717) is 30.1 Å². The van der Waals surface area contributed by atoms with Crippen LogP contribution in [0.2, 0.25) is 0 Å². The minimum atomic E-state index is -0.00924. The molecule has 1 N–H and O–H groups in total. The lowest BCUT2D eigenvalue weighted by molar-refractivity contribution is -0.122. The Balaban J connectivity index is 4.20. The number of carbonyl (C=O) groups excluding carboxylic acids is 2. The third-order valence-electron chi connectivity index (χ3n) is 3.14. The van der Waals surface area contributed by atoms with Crippen LogP contribution in [0.15, 0.2) is 0 Å². The largest absolute Gasteiger partial charge is 0.353 e. The quantitative estimate of drug-likeness (QED) is 0.575. The number of nitrogens with zero attached hydrogens (tertiary/aromatic N) is 1. The number of halogens is 1. The molecule has 0 aromatic rings. The van der Waals surface area contributed by atoms with Crippen LogP contribution < -0.4 is 5.32 Å². The first-order chi connectivity index (χ1) is 9.74. The Labute approximate surface area is 138 Å². The summed E-state index contributed by atoms with van der Waals surface area (Å²) in [7, 11) is 1.98. The van der Waals surface area contributed by atoms with Crippen molar-refractivity contribution in [2.24, 2.45) is 11.8 Å². The van der Waals surface area contributed by atoms with Crippen LogP contribution in [-0.2, 0) is 9.59 Å². The van der Waals surface area contributed by atoms with Gasteiger partial charge in [0, 0.05) is 19.0 Å². The molecule has 0 aliphatic heterocycles. The van der Waals surface area contributed by atoms with Crippen LogP contribution in [0.3, 0.4) is 0 Å². The van der Waals surface area contributed by atoms with E-state index in [1.165, 1.54) is 0 Å². The third kappa shape index (κ3) is 11.9. The van der Waals surface area contributed by atoms with Crippen molar-refractivity contribution in [2.45, 2.75) is 53.0 Å². The monoisotopic (exact) mass is 362 g/mol. The molecule has 0 spiro atoms. The predicted molar refractivity (Wildman–Crippen MR) is 91.8 cm³/mol. The summed E-state index contributed by atoms with van der Waals surface area (Å²) in [5.74, 6) is 1.31. The van der Waals surface area contributed by atoms with Gasteiger partial charge in [0.1, 0.15) is 5.78 Å². The Bertz CT molecular complexity index is 319. The molecule has 0 rings (SSSR count). The average Bonchev–Trinajstić information content (AvgIpc) is 2.33. The highest BCUT2D eigenvalue weighted by Crippen LogP contribution is 2.11. The zero-order valence-electron chi connectivity index (χ0n) is 14.1. The van der Waals surface area contributed by atoms with Crippen LogP contribution in [0.5, 0.6) is 0 Å². The summed E-state index contributed by atoms with van der Waals surface area (Å²) in [5, 5.41) is 3.30. The van der Waals surface area contributed by atoms with Crippen LogP contribution in [0.1, 0.15) is 47.0 Å². The van der Waals surface area contributed by atoms with Crippen molar-refractivity contribution in [3.63, 3.8) is 0 Å². The minimum absolute atomic E-state index is 0.00924. The summed E-state index contributed by atoms with van der Waals surface area (Å²) in [6, 6.07) is 0.0920. The van der Waals surface area contributed by atoms with E-state index in [1.807, 2.05) is 7.05 Å². The van der Waals surface area contributed by atoms with Gasteiger partial charge in [0.15, 0.2) is 0 Å². The second kappa shape index (κ2) is 11.2. The number of amides is 1. The summed E-state index contributed by atoms with van der Waals surface area (Å²) >= 11 is 3.16. The zero-order chi connectivity index (χ0) is 16.4. The van der Waals surface area contributed by atoms with Gasteiger partial charge in [-0.05, 0) is 31.7 Å². The Morgan fingerprint density at radius 2 is 1.76 bits per heavy atom. The Kier molecular flexibility index (Phi) is 11.0. The predicted octanol–water partition coefficient (Wildman–Crippen LogP) is 2.85. The van der Waals surface area contributed by atoms with Gasteiger partial charge in [0.2, 0.25) is 5.91 Å². The molecule has 0 radical (unpaired) electrons. The second-order valence-corrected chi connectivity index (χ2v) is 7.26. The summed E-state index contributed by atoms with van der Waals surface area (Å²) in [6.45, 7) is 9.99. The van der Waals surface area contributed by atoms with Gasteiger partial charge >= 0.3 is 0 Å². The van der Waals surface area contributed by atoms with Gasteiger partial charge in [0.05, 0.1) is 11.9 Å². The molecule has 0 fully saturated rings. The van der Waals surface area contributed by atoms with Crippen molar-refractivity contribution in [1.29, 1.82) is 0 Å². The molecule has 5 heteroatoms. The molecule has 1 atom stereocenters. The number of likely N-dealkylation sites (N-methyl/N-ethyl adjacent to an activating group) is 1. The lowest BCUT2D eigenvalue weighted by atomic mass is 9.98. The zero-order valence-corrected chi connectivity index (χ0v) is 15.7. The molecule has 0 bridgehead atoms. The lowest BCUT2D eigenvalue weighted by Crippen LogP contribution is -2.37. The molecule has 0 aliphatic rings. The van der Waals surface area contributed by atoms with E-state index in [0.717, 1.165) is 19.4 Å². The molecule has 0 aromatic heterocycles. The molecular formula is C16H31BrN2O2. The van der Waals surface area contributed by atoms with Gasteiger partial charge < -0.3 is 5.32 Å². The van der Waals surface area contributed by atoms with Crippen LogP contribution >= 0.6 is 15.9 Å². The molecule has 0 aliphatic carbocycles. The molecule has 0 saturated carbocycles. The molecule has 0 heterocycles. The maximum Gasteiger partial charge on any atom is 0.230 e. The van der Waals surface area contributed by atoms with Crippen molar-refractivity contribution >= 4 is 27.6 Å². The summed E-state index contributed by atoms with van der Waals surface area (Å²) in [4.78, 5) is 25.6. The standard InChI is InChI=1S/C16H31BrN2O2/c1-12(2)8-14(18-16(21)9-17)6-7-15(20)11-19(5)10-13(3)4/h12-14H,6-11H2,1-5H3,(H,18,21). The Morgan fingerprint density at radius 1 is 1.14 bits per heavy atom. The van der Waals surface area contributed by atoms with Crippen molar-refractivity contribution in [1.82, 2.24) is 10.2 Å². The third-order valence-corrected chi connectivity index (χ3v) is 3.65. The lowest BCUT2D eigenvalue weighted by Gasteiger charge is -2.21. The highest BCUT2D eigenvalue weighted by molar-refractivity contribution is 9.09. The van der Waals surface area contributed by atoms with E-state index >= 15 is 0 Å². The van der Waals surface area contributed by atoms with Crippen molar-refractivity contribution in [3.05, 3.63) is 0 Å². The van der Waals surface area contributed by atoms with E-state index in [2.05, 4.69) is 53.8 Å². The summed E-state index contributed by atoms with van der Waals surface area (Å²) < 4.78 is 0. The SMILES string of the molecule is CC(C)CC(CCC(=O)CN(C)CC(C)C)NC(=O)CBr. The molecule has 1 unspecified atom stereocenters. The highest BCUT2D eigenvalue weighted by Gasteiger charge is 2.16. The molecule has 124 valence electrons. The minimum Gasteiger partial charge on any atom is -0.353 e. The summed E-state index contributed by atoms with van der Waals surface area (Å²) in [5.41, 5.74) is 0. The molecular weight excluding hydrogens is 332 g/mol. The molecule has 1 amide bonds. The van der Waals surface area contributed by atoms with E-state index in [9.17, 15) is 9.59 Å². The molecule has 0 aromatic carbocycles. The van der Waals surface area contributed by atoms with E-state index in [-0.39, 0.29) is 17.7 Å². The molecule has 4 nitrogen and oxygen atoms in total. The maximum atomic E-state index is 12.0. The van der Waals surface area contributed by atoms with Crippen molar-refractivity contribution in [3.8, 4) is 0 Å². The Morgan fingerprint density at radius 3 is 2.24 bits per heavy atom. The van der Waals surface area contributed by atoms with Gasteiger partial charge in [-0.3, -0.25) is 14.5 Å². The number of rotatable bonds is 11. The van der Waals surface area contributed by atoms with Crippen LogP contribution in [0, 0.1) is 11.8 Å². The average molecular weight is 363 g/mol. The number of Topliss-reactive ketones (excluding diaryl/α,β-unsaturated/α-hetero) is 1. The van der Waals surface area contributed by atoms with E-state index < -0.39 is 0 Å². The fourth-order valence-corrected chi connectivity index (χ4v) is 2.65. The number of ketones is 1. The van der Waals surface area contributed by atoms with Gasteiger partial charge in [-0.2, -0.15) is 0 Å². The fourth-order valence-electron chi connectivity index (χ4n) is 2.49. The molecule has 0 saturated heterocycles. The smallest absolute Gasteiger partial charge is 0.230 e. The first-order valence-corrected chi connectivity index (χ1v) is 8.92. The first-order valence-electron chi connectivity index (χ1n) is 7.80. The second-order valence-electron chi connectivity index (χ2n) is 6.70. The summed E-state index contributed by atoms with van der Waals surface area (Å²) in [6.07, 6.45) is 2.17. The normalized spacial score (nSPS) is 13.0. The van der Waals surface area contributed by atoms with Gasteiger partial charge in [-0.1, -0.05) is 43.6 Å². The van der Waals surface area contributed by atoms with Crippen LogP contribution in [0.4, 0.5) is 0 Å². The van der Waals surface area contributed by atoms with E-state index in [4.69, 9.17) is 0 Å². The fraction of sp³-hybridized carbons (Fsp3) is 0.875. The van der Waals surface area contributed by atoms with Gasteiger partial charge in [-0.15, -0.1) is 0 Å². The van der Waals surface area contributed by atoms with Crippen molar-refractivity contribution < 1.29 is 9.59 Å². The van der Waals surface area contributed by atoms with Gasteiger partial charge in [0.25, 0.3) is 0 Å². The Hall–Kier alpha value is -0.420. The molecule has 21 heavy (non-hydrogen) atoms. The number of carbonyl (C=O) groups is 2. The first kappa shape index (κ1) is 20.6. The highest BCUT2D eigenvalue weighted by atomic mass is 79.9. The number of nitrogens with one attached hydrogen (secondary N) is 1. The van der Waals surface area contributed by atoms with Gasteiger partial charge in [-0.25, -0.2) is 0 Å². The van der Waals surface area contributed by atoms with Crippen molar-refractivity contribution in [2.75, 3.05) is 25.5 Å². The topological polar surface area (TPSA) is 49.4 Å². The number of alkyl halides is 1.